The summed E-state index contributed by atoms with van der Waals surface area (Å²) in [7, 11) is 4.74. The van der Waals surface area contributed by atoms with Gasteiger partial charge in [-0.05, 0) is 17.7 Å². The van der Waals surface area contributed by atoms with Gasteiger partial charge in [0.2, 0.25) is 5.91 Å². The Hall–Kier alpha value is -2.04. The minimum absolute atomic E-state index is 0.0404. The molecule has 1 aromatic rings. The van der Waals surface area contributed by atoms with Crippen LogP contribution in [0.5, 0.6) is 0 Å². The topological polar surface area (TPSA) is 58.6 Å². The van der Waals surface area contributed by atoms with Gasteiger partial charge in [-0.25, -0.2) is 4.79 Å². The first-order valence-corrected chi connectivity index (χ1v) is 5.17. The number of hydrogen-bond acceptors (Lipinski definition) is 3. The molecule has 1 N–H and O–H groups in total. The van der Waals surface area contributed by atoms with E-state index < -0.39 is 6.09 Å². The molecular formula is C12H16N2O3. The fourth-order valence-electron chi connectivity index (χ4n) is 1.21. The molecule has 0 radical (unpaired) electrons. The third-order valence-corrected chi connectivity index (χ3v) is 2.24. The number of hydrogen-bond donors (Lipinski definition) is 1. The van der Waals surface area contributed by atoms with E-state index in [0.29, 0.717) is 12.1 Å². The lowest BCUT2D eigenvalue weighted by Crippen LogP contribution is -2.23. The summed E-state index contributed by atoms with van der Waals surface area (Å²) < 4.78 is 4.47. The lowest BCUT2D eigenvalue weighted by atomic mass is 10.1. The van der Waals surface area contributed by atoms with E-state index in [1.807, 2.05) is 0 Å². The zero-order chi connectivity index (χ0) is 12.8. The number of anilines is 1. The number of ether oxygens (including phenoxy) is 1. The minimum Gasteiger partial charge on any atom is -0.453 e. The average Bonchev–Trinajstić information content (AvgIpc) is 2.31. The maximum atomic E-state index is 11.5. The summed E-state index contributed by atoms with van der Waals surface area (Å²) in [5.74, 6) is 0.0404. The van der Waals surface area contributed by atoms with Crippen molar-refractivity contribution in [3.8, 4) is 0 Å². The van der Waals surface area contributed by atoms with Crippen LogP contribution in [0.4, 0.5) is 10.5 Å². The summed E-state index contributed by atoms with van der Waals surface area (Å²) in [4.78, 5) is 23.9. The molecule has 0 saturated heterocycles. The maximum absolute atomic E-state index is 11.5. The summed E-state index contributed by atoms with van der Waals surface area (Å²) in [6.45, 7) is 0. The van der Waals surface area contributed by atoms with Gasteiger partial charge >= 0.3 is 6.09 Å². The third kappa shape index (κ3) is 4.14. The van der Waals surface area contributed by atoms with E-state index in [1.54, 1.807) is 43.3 Å². The van der Waals surface area contributed by atoms with Crippen LogP contribution in [-0.2, 0) is 16.0 Å². The predicted molar refractivity (Wildman–Crippen MR) is 64.9 cm³/mol. The molecule has 5 nitrogen and oxygen atoms in total. The summed E-state index contributed by atoms with van der Waals surface area (Å²) in [6.07, 6.45) is -0.159. The summed E-state index contributed by atoms with van der Waals surface area (Å²) in [5.41, 5.74) is 1.54. The minimum atomic E-state index is -0.512. The number of benzene rings is 1. The molecule has 0 aliphatic carbocycles. The Labute approximate surface area is 100 Å². The number of likely N-dealkylation sites (N-methyl/N-ethyl adjacent to an activating group) is 1. The van der Waals surface area contributed by atoms with Crippen LogP contribution in [-0.4, -0.2) is 38.1 Å². The molecule has 0 fully saturated rings. The van der Waals surface area contributed by atoms with E-state index in [0.717, 1.165) is 5.56 Å². The van der Waals surface area contributed by atoms with Crippen molar-refractivity contribution >= 4 is 17.7 Å². The molecule has 0 aliphatic rings. The molecule has 0 bridgehead atoms. The highest BCUT2D eigenvalue weighted by atomic mass is 16.5. The number of amides is 2. The fraction of sp³-hybridized carbons (Fsp3) is 0.333. The van der Waals surface area contributed by atoms with Crippen LogP contribution in [0.3, 0.4) is 0 Å². The molecule has 92 valence electrons. The van der Waals surface area contributed by atoms with Crippen LogP contribution in [0.25, 0.3) is 0 Å². The first kappa shape index (κ1) is 13.0. The Kier molecular flexibility index (Phi) is 4.51. The van der Waals surface area contributed by atoms with Crippen LogP contribution < -0.4 is 5.32 Å². The maximum Gasteiger partial charge on any atom is 0.411 e. The highest BCUT2D eigenvalue weighted by Crippen LogP contribution is 2.10. The number of methoxy groups -OCH3 is 1. The number of carbonyl (C=O) groups excluding carboxylic acids is 2. The van der Waals surface area contributed by atoms with Crippen molar-refractivity contribution in [2.24, 2.45) is 0 Å². The molecule has 2 amide bonds. The normalized spacial score (nSPS) is 9.59. The number of rotatable bonds is 3. The van der Waals surface area contributed by atoms with Crippen LogP contribution in [0.2, 0.25) is 0 Å². The second-order valence-electron chi connectivity index (χ2n) is 3.78. The van der Waals surface area contributed by atoms with Gasteiger partial charge in [-0.2, -0.15) is 0 Å². The van der Waals surface area contributed by atoms with Crippen molar-refractivity contribution in [3.63, 3.8) is 0 Å². The summed E-state index contributed by atoms with van der Waals surface area (Å²) in [5, 5.41) is 2.54. The van der Waals surface area contributed by atoms with Gasteiger partial charge in [0.15, 0.2) is 0 Å². The van der Waals surface area contributed by atoms with E-state index >= 15 is 0 Å². The van der Waals surface area contributed by atoms with Gasteiger partial charge in [0.25, 0.3) is 0 Å². The second kappa shape index (κ2) is 5.89. The zero-order valence-corrected chi connectivity index (χ0v) is 10.2. The Bertz CT molecular complexity index is 399. The van der Waals surface area contributed by atoms with E-state index in [2.05, 4.69) is 10.1 Å². The van der Waals surface area contributed by atoms with Gasteiger partial charge in [0, 0.05) is 19.8 Å². The van der Waals surface area contributed by atoms with Gasteiger partial charge < -0.3 is 9.64 Å². The lowest BCUT2D eigenvalue weighted by molar-refractivity contribution is -0.127. The molecule has 0 aromatic heterocycles. The van der Waals surface area contributed by atoms with Gasteiger partial charge in [-0.3, -0.25) is 10.1 Å². The van der Waals surface area contributed by atoms with Crippen molar-refractivity contribution < 1.29 is 14.3 Å². The first-order chi connectivity index (χ1) is 8.02. The molecule has 0 unspecified atom stereocenters. The van der Waals surface area contributed by atoms with Gasteiger partial charge in [0.1, 0.15) is 0 Å². The van der Waals surface area contributed by atoms with Crippen LogP contribution >= 0.6 is 0 Å². The quantitative estimate of drug-likeness (QED) is 0.865. The smallest absolute Gasteiger partial charge is 0.411 e. The highest BCUT2D eigenvalue weighted by Gasteiger charge is 2.06. The van der Waals surface area contributed by atoms with Gasteiger partial charge in [0.05, 0.1) is 13.5 Å². The predicted octanol–water partition coefficient (Wildman–Crippen LogP) is 1.50. The molecule has 0 atom stereocenters. The molecule has 0 saturated carbocycles. The Morgan fingerprint density at radius 3 is 2.29 bits per heavy atom. The summed E-state index contributed by atoms with van der Waals surface area (Å²) in [6, 6.07) is 7.06. The van der Waals surface area contributed by atoms with E-state index in [9.17, 15) is 9.59 Å². The van der Waals surface area contributed by atoms with Gasteiger partial charge in [-0.1, -0.05) is 12.1 Å². The van der Waals surface area contributed by atoms with E-state index in [4.69, 9.17) is 0 Å². The van der Waals surface area contributed by atoms with E-state index in [-0.39, 0.29) is 5.91 Å². The standard InChI is InChI=1S/C12H16N2O3/c1-14(2)11(15)8-9-4-6-10(7-5-9)13-12(16)17-3/h4-7H,8H2,1-3H3,(H,13,16). The fourth-order valence-corrected chi connectivity index (χ4v) is 1.21. The molecule has 5 heteroatoms. The van der Waals surface area contributed by atoms with Crippen molar-refractivity contribution in [2.75, 3.05) is 26.5 Å². The van der Waals surface area contributed by atoms with Gasteiger partial charge in [-0.15, -0.1) is 0 Å². The lowest BCUT2D eigenvalue weighted by Gasteiger charge is -2.10. The Morgan fingerprint density at radius 1 is 1.24 bits per heavy atom. The van der Waals surface area contributed by atoms with Crippen LogP contribution in [0.15, 0.2) is 24.3 Å². The number of carbonyl (C=O) groups is 2. The Balaban J connectivity index is 2.62. The Morgan fingerprint density at radius 2 is 1.82 bits per heavy atom. The second-order valence-corrected chi connectivity index (χ2v) is 3.78. The average molecular weight is 236 g/mol. The molecule has 0 spiro atoms. The largest absolute Gasteiger partial charge is 0.453 e. The number of nitrogens with zero attached hydrogens (tertiary/aromatic N) is 1. The molecule has 17 heavy (non-hydrogen) atoms. The zero-order valence-electron chi connectivity index (χ0n) is 10.2. The van der Waals surface area contributed by atoms with Crippen molar-refractivity contribution in [1.29, 1.82) is 0 Å². The molecule has 0 aliphatic heterocycles. The van der Waals surface area contributed by atoms with E-state index in [1.165, 1.54) is 7.11 Å². The van der Waals surface area contributed by atoms with Crippen molar-refractivity contribution in [3.05, 3.63) is 29.8 Å². The molecule has 0 heterocycles. The molecular weight excluding hydrogens is 220 g/mol. The summed E-state index contributed by atoms with van der Waals surface area (Å²) >= 11 is 0. The number of nitrogens with one attached hydrogen (secondary N) is 1. The molecule has 1 aromatic carbocycles. The van der Waals surface area contributed by atoms with Crippen molar-refractivity contribution in [2.45, 2.75) is 6.42 Å². The first-order valence-electron chi connectivity index (χ1n) is 5.17. The SMILES string of the molecule is COC(=O)Nc1ccc(CC(=O)N(C)C)cc1. The van der Waals surface area contributed by atoms with Crippen LogP contribution in [0, 0.1) is 0 Å². The van der Waals surface area contributed by atoms with Crippen molar-refractivity contribution in [1.82, 2.24) is 4.90 Å². The monoisotopic (exact) mass is 236 g/mol. The highest BCUT2D eigenvalue weighted by molar-refractivity contribution is 5.84. The molecule has 1 rings (SSSR count). The van der Waals surface area contributed by atoms with Crippen LogP contribution in [0.1, 0.15) is 5.56 Å². The third-order valence-electron chi connectivity index (χ3n) is 2.24.